The summed E-state index contributed by atoms with van der Waals surface area (Å²) >= 11 is 6.27. The summed E-state index contributed by atoms with van der Waals surface area (Å²) < 4.78 is 26.8. The van der Waals surface area contributed by atoms with Gasteiger partial charge in [-0.1, -0.05) is 48.0 Å². The molecule has 0 spiro atoms. The lowest BCUT2D eigenvalue weighted by Crippen LogP contribution is -2.22. The highest BCUT2D eigenvalue weighted by atomic mass is 35.5. The Morgan fingerprint density at radius 1 is 1.09 bits per heavy atom. The van der Waals surface area contributed by atoms with Crippen molar-refractivity contribution in [1.82, 2.24) is 4.90 Å². The van der Waals surface area contributed by atoms with E-state index in [2.05, 4.69) is 40.5 Å². The van der Waals surface area contributed by atoms with Gasteiger partial charge in [-0.05, 0) is 122 Å². The number of aryl methyl sites for hydroxylation is 1. The maximum absolute atomic E-state index is 14.1. The van der Waals surface area contributed by atoms with Crippen molar-refractivity contribution in [3.63, 3.8) is 0 Å². The predicted molar refractivity (Wildman–Crippen MR) is 173 cm³/mol. The van der Waals surface area contributed by atoms with Gasteiger partial charge in [0.25, 0.3) is 0 Å². The standard InChI is InChI=1S/C36H40ClF2N3O/c1-36(39)21-32(36)35(43)41-28-11-13-29-26(19-28)4-2-5-31(30-12-10-27(37)20-33(30)40)34(29)25-8-6-23(7-9-25)18-24-14-17-42(22-24)16-3-15-38/h6-13,19-20,24,32H,2-5,14-18,21-22,40H2,1H3,(H,41,43). The fourth-order valence-corrected chi connectivity index (χ4v) is 7.10. The van der Waals surface area contributed by atoms with Gasteiger partial charge in [0.15, 0.2) is 0 Å². The van der Waals surface area contributed by atoms with Gasteiger partial charge in [0.1, 0.15) is 5.67 Å². The fourth-order valence-electron chi connectivity index (χ4n) is 6.92. The van der Waals surface area contributed by atoms with Crippen LogP contribution in [0.25, 0.3) is 11.1 Å². The van der Waals surface area contributed by atoms with Crippen molar-refractivity contribution in [3.8, 4) is 0 Å². The normalized spacial score (nSPS) is 23.6. The third kappa shape index (κ3) is 6.66. The van der Waals surface area contributed by atoms with Crippen molar-refractivity contribution in [2.75, 3.05) is 37.4 Å². The molecule has 0 bridgehead atoms. The molecule has 0 radical (unpaired) electrons. The number of nitrogens with two attached hydrogens (primary N) is 1. The van der Waals surface area contributed by atoms with Crippen molar-refractivity contribution >= 4 is 40.0 Å². The Morgan fingerprint density at radius 2 is 1.86 bits per heavy atom. The number of nitrogen functional groups attached to an aromatic ring is 1. The molecule has 3 N–H and O–H groups in total. The molecular weight excluding hydrogens is 564 g/mol. The number of amides is 1. The highest BCUT2D eigenvalue weighted by molar-refractivity contribution is 6.31. The van der Waals surface area contributed by atoms with Gasteiger partial charge in [0, 0.05) is 35.1 Å². The van der Waals surface area contributed by atoms with Crippen LogP contribution in [0.2, 0.25) is 5.02 Å². The van der Waals surface area contributed by atoms with E-state index in [0.29, 0.717) is 28.7 Å². The number of nitrogens with zero attached hydrogens (tertiary/aromatic N) is 1. The molecule has 1 aliphatic heterocycles. The summed E-state index contributed by atoms with van der Waals surface area (Å²) in [6, 6.07) is 20.7. The molecule has 3 aromatic carbocycles. The minimum atomic E-state index is -1.41. The van der Waals surface area contributed by atoms with Gasteiger partial charge in [0.05, 0.1) is 12.6 Å². The van der Waals surface area contributed by atoms with Gasteiger partial charge in [0.2, 0.25) is 5.91 Å². The van der Waals surface area contributed by atoms with Gasteiger partial charge in [-0.2, -0.15) is 0 Å². The summed E-state index contributed by atoms with van der Waals surface area (Å²) in [6.07, 6.45) is 5.67. The molecule has 2 fully saturated rings. The van der Waals surface area contributed by atoms with Crippen LogP contribution in [0, 0.1) is 11.8 Å². The van der Waals surface area contributed by atoms with Crippen LogP contribution in [0.3, 0.4) is 0 Å². The second kappa shape index (κ2) is 12.4. The van der Waals surface area contributed by atoms with E-state index in [4.69, 9.17) is 17.3 Å². The Hall–Kier alpha value is -3.22. The van der Waals surface area contributed by atoms with E-state index in [1.165, 1.54) is 18.1 Å². The van der Waals surface area contributed by atoms with Crippen LogP contribution < -0.4 is 11.1 Å². The Morgan fingerprint density at radius 3 is 2.58 bits per heavy atom. The van der Waals surface area contributed by atoms with Crippen molar-refractivity contribution in [1.29, 1.82) is 0 Å². The molecule has 226 valence electrons. The van der Waals surface area contributed by atoms with E-state index in [-0.39, 0.29) is 19.0 Å². The first-order valence-electron chi connectivity index (χ1n) is 15.5. The van der Waals surface area contributed by atoms with Crippen molar-refractivity contribution in [2.24, 2.45) is 11.8 Å². The number of likely N-dealkylation sites (tertiary alicyclic amines) is 1. The van der Waals surface area contributed by atoms with E-state index in [9.17, 15) is 13.6 Å². The first kappa shape index (κ1) is 29.8. The van der Waals surface area contributed by atoms with Crippen molar-refractivity contribution in [3.05, 3.63) is 93.5 Å². The largest absolute Gasteiger partial charge is 0.398 e. The van der Waals surface area contributed by atoms with Gasteiger partial charge in [-0.15, -0.1) is 0 Å². The summed E-state index contributed by atoms with van der Waals surface area (Å²) in [4.78, 5) is 15.0. The molecule has 3 unspecified atom stereocenters. The molecule has 3 aromatic rings. The number of anilines is 2. The second-order valence-corrected chi connectivity index (χ2v) is 13.2. The number of nitrogens with one attached hydrogen (secondary N) is 1. The topological polar surface area (TPSA) is 58.4 Å². The third-order valence-electron chi connectivity index (χ3n) is 9.39. The van der Waals surface area contributed by atoms with Crippen molar-refractivity contribution < 1.29 is 13.6 Å². The number of benzene rings is 3. The number of carbonyl (C=O) groups excluding carboxylic acids is 1. The predicted octanol–water partition coefficient (Wildman–Crippen LogP) is 8.13. The first-order valence-corrected chi connectivity index (χ1v) is 15.9. The average Bonchev–Trinajstić information content (AvgIpc) is 3.48. The molecule has 3 aliphatic rings. The Kier molecular flexibility index (Phi) is 8.61. The van der Waals surface area contributed by atoms with Crippen LogP contribution in [-0.2, 0) is 17.6 Å². The number of rotatable bonds is 9. The molecule has 4 nitrogen and oxygen atoms in total. The third-order valence-corrected chi connectivity index (χ3v) is 9.62. The highest BCUT2D eigenvalue weighted by Crippen LogP contribution is 2.47. The van der Waals surface area contributed by atoms with Crippen LogP contribution in [-0.4, -0.2) is 42.8 Å². The summed E-state index contributed by atoms with van der Waals surface area (Å²) in [7, 11) is 0. The molecule has 2 aliphatic carbocycles. The lowest BCUT2D eigenvalue weighted by Gasteiger charge is -2.19. The SMILES string of the molecule is CC1(F)CC1C(=O)Nc1ccc2c(c1)CCCC(c1ccc(Cl)cc1N)=C2c1ccc(CC2CCN(CCCF)C2)cc1. The molecule has 43 heavy (non-hydrogen) atoms. The molecule has 0 aromatic heterocycles. The maximum atomic E-state index is 14.1. The van der Waals surface area contributed by atoms with Crippen LogP contribution in [0.5, 0.6) is 0 Å². The molecule has 3 atom stereocenters. The number of halogens is 3. The molecule has 1 saturated carbocycles. The molecular formula is C36H40ClF2N3O. The smallest absolute Gasteiger partial charge is 0.230 e. The van der Waals surface area contributed by atoms with Crippen molar-refractivity contribution in [2.45, 2.75) is 57.5 Å². The molecule has 7 heteroatoms. The maximum Gasteiger partial charge on any atom is 0.230 e. The quantitative estimate of drug-likeness (QED) is 0.243. The molecule has 1 saturated heterocycles. The summed E-state index contributed by atoms with van der Waals surface area (Å²) in [6.45, 7) is 4.16. The molecule has 6 rings (SSSR count). The number of allylic oxidation sites excluding steroid dienone is 1. The van der Waals surface area contributed by atoms with Crippen LogP contribution in [0.1, 0.15) is 66.8 Å². The van der Waals surface area contributed by atoms with E-state index >= 15 is 0 Å². The lowest BCUT2D eigenvalue weighted by atomic mass is 9.86. The van der Waals surface area contributed by atoms with E-state index in [1.54, 1.807) is 0 Å². The van der Waals surface area contributed by atoms with Gasteiger partial charge in [-0.3, -0.25) is 9.18 Å². The number of hydrogen-bond donors (Lipinski definition) is 2. The summed E-state index contributed by atoms with van der Waals surface area (Å²) in [5.74, 6) is -0.248. The number of carbonyl (C=O) groups is 1. The minimum Gasteiger partial charge on any atom is -0.398 e. The van der Waals surface area contributed by atoms with Crippen LogP contribution in [0.4, 0.5) is 20.2 Å². The molecule has 1 amide bonds. The highest BCUT2D eigenvalue weighted by Gasteiger charge is 2.55. The second-order valence-electron chi connectivity index (χ2n) is 12.7. The lowest BCUT2D eigenvalue weighted by molar-refractivity contribution is -0.118. The van der Waals surface area contributed by atoms with E-state index < -0.39 is 11.6 Å². The minimum absolute atomic E-state index is 0.250. The van der Waals surface area contributed by atoms with Gasteiger partial charge < -0.3 is 16.0 Å². The zero-order valence-corrected chi connectivity index (χ0v) is 25.5. The first-order chi connectivity index (χ1) is 20.7. The van der Waals surface area contributed by atoms with E-state index in [0.717, 1.165) is 79.6 Å². The van der Waals surface area contributed by atoms with Gasteiger partial charge >= 0.3 is 0 Å². The van der Waals surface area contributed by atoms with Gasteiger partial charge in [-0.25, -0.2) is 4.39 Å². The summed E-state index contributed by atoms with van der Waals surface area (Å²) in [5, 5.41) is 3.56. The Labute approximate surface area is 258 Å². The van der Waals surface area contributed by atoms with Crippen LogP contribution >= 0.6 is 11.6 Å². The number of alkyl halides is 2. The average molecular weight is 604 g/mol. The van der Waals surface area contributed by atoms with E-state index in [1.807, 2.05) is 30.3 Å². The zero-order chi connectivity index (χ0) is 30.1. The monoisotopic (exact) mass is 603 g/mol. The number of hydrogen-bond acceptors (Lipinski definition) is 3. The zero-order valence-electron chi connectivity index (χ0n) is 24.8. The fraction of sp³-hybridized carbons (Fsp3) is 0.417. The Balaban J connectivity index is 1.32. The van der Waals surface area contributed by atoms with Crippen LogP contribution in [0.15, 0.2) is 60.7 Å². The number of fused-ring (bicyclic) bond motifs is 1. The molecule has 1 heterocycles. The Bertz CT molecular complexity index is 1530. The summed E-state index contributed by atoms with van der Waals surface area (Å²) in [5.41, 5.74) is 14.5.